The number of hydrogen-bond donors (Lipinski definition) is 1. The molecule has 2 N–H and O–H groups in total. The number of hydrogen-bond acceptors (Lipinski definition) is 3. The summed E-state index contributed by atoms with van der Waals surface area (Å²) in [7, 11) is 1.66. The maximum absolute atomic E-state index is 6.05. The van der Waals surface area contributed by atoms with Gasteiger partial charge in [0, 0.05) is 11.6 Å². The first-order valence-corrected chi connectivity index (χ1v) is 6.77. The van der Waals surface area contributed by atoms with Crippen LogP contribution in [-0.4, -0.2) is 7.11 Å². The number of benzene rings is 2. The van der Waals surface area contributed by atoms with Crippen molar-refractivity contribution < 1.29 is 9.47 Å². The van der Waals surface area contributed by atoms with Crippen molar-refractivity contribution in [3.63, 3.8) is 0 Å². The Kier molecular flexibility index (Phi) is 4.64. The van der Waals surface area contributed by atoms with Crippen molar-refractivity contribution in [3.8, 4) is 11.5 Å². The van der Waals surface area contributed by atoms with Crippen LogP contribution in [0.5, 0.6) is 11.5 Å². The third kappa shape index (κ3) is 3.31. The third-order valence-electron chi connectivity index (χ3n) is 3.30. The highest BCUT2D eigenvalue weighted by molar-refractivity contribution is 5.36. The van der Waals surface area contributed by atoms with Gasteiger partial charge in [0.05, 0.1) is 7.11 Å². The monoisotopic (exact) mass is 271 g/mol. The van der Waals surface area contributed by atoms with Gasteiger partial charge in [0.15, 0.2) is 0 Å². The van der Waals surface area contributed by atoms with Crippen molar-refractivity contribution in [1.29, 1.82) is 0 Å². The molecule has 0 aliphatic rings. The molecular formula is C17H21NO2. The molecule has 3 heteroatoms. The summed E-state index contributed by atoms with van der Waals surface area (Å²) in [5.74, 6) is 1.68. The van der Waals surface area contributed by atoms with E-state index in [9.17, 15) is 0 Å². The van der Waals surface area contributed by atoms with Crippen LogP contribution < -0.4 is 15.2 Å². The molecule has 2 aromatic rings. The predicted molar refractivity (Wildman–Crippen MR) is 81.1 cm³/mol. The molecule has 0 heterocycles. The number of ether oxygens (including phenoxy) is 2. The molecule has 0 spiro atoms. The van der Waals surface area contributed by atoms with E-state index in [1.807, 2.05) is 62.4 Å². The molecule has 0 aliphatic carbocycles. The van der Waals surface area contributed by atoms with Crippen LogP contribution in [0.25, 0.3) is 0 Å². The number of para-hydroxylation sites is 1. The highest BCUT2D eigenvalue weighted by Gasteiger charge is 2.12. The average Bonchev–Trinajstić information content (AvgIpc) is 2.47. The van der Waals surface area contributed by atoms with Gasteiger partial charge in [0.25, 0.3) is 0 Å². The Balaban J connectivity index is 2.16. The van der Waals surface area contributed by atoms with Crippen LogP contribution in [0.15, 0.2) is 48.5 Å². The van der Waals surface area contributed by atoms with E-state index >= 15 is 0 Å². The van der Waals surface area contributed by atoms with Gasteiger partial charge in [0.2, 0.25) is 0 Å². The van der Waals surface area contributed by atoms with Gasteiger partial charge >= 0.3 is 0 Å². The van der Waals surface area contributed by atoms with Crippen molar-refractivity contribution in [1.82, 2.24) is 0 Å². The largest absolute Gasteiger partial charge is 0.497 e. The van der Waals surface area contributed by atoms with Crippen molar-refractivity contribution in [2.24, 2.45) is 5.73 Å². The number of methoxy groups -OCH3 is 1. The van der Waals surface area contributed by atoms with Crippen LogP contribution in [0.3, 0.4) is 0 Å². The summed E-state index contributed by atoms with van der Waals surface area (Å²) in [6, 6.07) is 15.7. The van der Waals surface area contributed by atoms with E-state index in [-0.39, 0.29) is 12.1 Å². The van der Waals surface area contributed by atoms with Crippen LogP contribution in [0.4, 0.5) is 0 Å². The lowest BCUT2D eigenvalue weighted by Gasteiger charge is -2.19. The SMILES string of the molecule is COc1ccc(C(C)Oc2ccccc2C(C)N)cc1. The maximum atomic E-state index is 6.05. The second kappa shape index (κ2) is 6.44. The van der Waals surface area contributed by atoms with E-state index in [0.29, 0.717) is 0 Å². The van der Waals surface area contributed by atoms with Gasteiger partial charge in [-0.1, -0.05) is 30.3 Å². The maximum Gasteiger partial charge on any atom is 0.124 e. The Labute approximate surface area is 120 Å². The Bertz CT molecular complexity index is 549. The Hall–Kier alpha value is -2.00. The van der Waals surface area contributed by atoms with Gasteiger partial charge in [-0.3, -0.25) is 0 Å². The Morgan fingerprint density at radius 1 is 0.950 bits per heavy atom. The van der Waals surface area contributed by atoms with Gasteiger partial charge in [-0.05, 0) is 37.6 Å². The molecule has 0 fully saturated rings. The highest BCUT2D eigenvalue weighted by Crippen LogP contribution is 2.28. The van der Waals surface area contributed by atoms with Crippen molar-refractivity contribution in [3.05, 3.63) is 59.7 Å². The zero-order valence-electron chi connectivity index (χ0n) is 12.2. The van der Waals surface area contributed by atoms with Gasteiger partial charge in [0.1, 0.15) is 17.6 Å². The normalized spacial score (nSPS) is 13.6. The summed E-state index contributed by atoms with van der Waals surface area (Å²) >= 11 is 0. The molecule has 0 aliphatic heterocycles. The summed E-state index contributed by atoms with van der Waals surface area (Å²) in [5.41, 5.74) is 8.09. The Morgan fingerprint density at radius 2 is 1.60 bits per heavy atom. The van der Waals surface area contributed by atoms with Crippen LogP contribution in [0.2, 0.25) is 0 Å². The first-order valence-electron chi connectivity index (χ1n) is 6.77. The summed E-state index contributed by atoms with van der Waals surface area (Å²) in [6.07, 6.45) is -0.0409. The summed E-state index contributed by atoms with van der Waals surface area (Å²) in [6.45, 7) is 3.99. The van der Waals surface area contributed by atoms with Crippen molar-refractivity contribution in [2.75, 3.05) is 7.11 Å². The number of nitrogens with two attached hydrogens (primary N) is 1. The molecule has 20 heavy (non-hydrogen) atoms. The van der Waals surface area contributed by atoms with Crippen LogP contribution in [0.1, 0.15) is 37.1 Å². The lowest BCUT2D eigenvalue weighted by Crippen LogP contribution is -2.10. The fourth-order valence-corrected chi connectivity index (χ4v) is 2.10. The quantitative estimate of drug-likeness (QED) is 0.898. The van der Waals surface area contributed by atoms with E-state index in [2.05, 4.69) is 0 Å². The molecule has 2 unspecified atom stereocenters. The predicted octanol–water partition coefficient (Wildman–Crippen LogP) is 3.85. The first-order chi connectivity index (χ1) is 9.61. The first kappa shape index (κ1) is 14.4. The standard InChI is InChI=1S/C17H21NO2/c1-12(18)16-6-4-5-7-17(16)20-13(2)14-8-10-15(19-3)11-9-14/h4-13H,18H2,1-3H3. The molecule has 2 aromatic carbocycles. The summed E-state index contributed by atoms with van der Waals surface area (Å²) < 4.78 is 11.2. The lowest BCUT2D eigenvalue weighted by molar-refractivity contribution is 0.223. The lowest BCUT2D eigenvalue weighted by atomic mass is 10.1. The van der Waals surface area contributed by atoms with Crippen LogP contribution >= 0.6 is 0 Å². The van der Waals surface area contributed by atoms with E-state index in [1.54, 1.807) is 7.11 Å². The zero-order valence-corrected chi connectivity index (χ0v) is 12.2. The molecule has 0 aromatic heterocycles. The second-order valence-corrected chi connectivity index (χ2v) is 4.86. The molecule has 106 valence electrons. The molecule has 2 rings (SSSR count). The molecule has 0 saturated carbocycles. The molecule has 0 saturated heterocycles. The summed E-state index contributed by atoms with van der Waals surface area (Å²) in [5, 5.41) is 0. The van der Waals surface area contributed by atoms with E-state index in [1.165, 1.54) is 0 Å². The number of rotatable bonds is 5. The van der Waals surface area contributed by atoms with Gasteiger partial charge in [-0.25, -0.2) is 0 Å². The average molecular weight is 271 g/mol. The molecular weight excluding hydrogens is 250 g/mol. The molecule has 0 radical (unpaired) electrons. The van der Waals surface area contributed by atoms with Crippen molar-refractivity contribution >= 4 is 0 Å². The smallest absolute Gasteiger partial charge is 0.124 e. The minimum atomic E-state index is -0.0470. The van der Waals surface area contributed by atoms with Crippen LogP contribution in [-0.2, 0) is 0 Å². The fourth-order valence-electron chi connectivity index (χ4n) is 2.10. The van der Waals surface area contributed by atoms with Gasteiger partial charge in [-0.15, -0.1) is 0 Å². The summed E-state index contributed by atoms with van der Waals surface area (Å²) in [4.78, 5) is 0. The third-order valence-corrected chi connectivity index (χ3v) is 3.30. The topological polar surface area (TPSA) is 44.5 Å². The molecule has 2 atom stereocenters. The van der Waals surface area contributed by atoms with Crippen molar-refractivity contribution in [2.45, 2.75) is 26.0 Å². The van der Waals surface area contributed by atoms with E-state index in [0.717, 1.165) is 22.6 Å². The van der Waals surface area contributed by atoms with Gasteiger partial charge < -0.3 is 15.2 Å². The van der Waals surface area contributed by atoms with Gasteiger partial charge in [-0.2, -0.15) is 0 Å². The molecule has 0 bridgehead atoms. The van der Waals surface area contributed by atoms with E-state index in [4.69, 9.17) is 15.2 Å². The molecule has 3 nitrogen and oxygen atoms in total. The minimum absolute atomic E-state index is 0.0409. The fraction of sp³-hybridized carbons (Fsp3) is 0.294. The van der Waals surface area contributed by atoms with E-state index < -0.39 is 0 Å². The minimum Gasteiger partial charge on any atom is -0.497 e. The molecule has 0 amide bonds. The zero-order chi connectivity index (χ0) is 14.5. The highest BCUT2D eigenvalue weighted by atomic mass is 16.5. The second-order valence-electron chi connectivity index (χ2n) is 4.86. The Morgan fingerprint density at radius 3 is 2.20 bits per heavy atom. The van der Waals surface area contributed by atoms with Crippen LogP contribution in [0, 0.1) is 0 Å².